The van der Waals surface area contributed by atoms with Gasteiger partial charge in [0.2, 0.25) is 3.79 Å². The van der Waals surface area contributed by atoms with E-state index in [4.69, 9.17) is 44.3 Å². The lowest BCUT2D eigenvalue weighted by Gasteiger charge is -2.14. The van der Waals surface area contributed by atoms with Crippen LogP contribution in [0.2, 0.25) is 0 Å². The molecule has 0 bridgehead atoms. The van der Waals surface area contributed by atoms with Crippen molar-refractivity contribution in [3.8, 4) is 0 Å². The highest BCUT2D eigenvalue weighted by Crippen LogP contribution is 2.27. The van der Waals surface area contributed by atoms with Crippen LogP contribution in [0, 0.1) is 0 Å². The molecule has 1 rings (SSSR count). The summed E-state index contributed by atoms with van der Waals surface area (Å²) in [4.78, 5) is 0. The quantitative estimate of drug-likeness (QED) is 0.663. The summed E-state index contributed by atoms with van der Waals surface area (Å²) in [5.41, 5.74) is 0. The van der Waals surface area contributed by atoms with Gasteiger partial charge in [-0.3, -0.25) is 0 Å². The van der Waals surface area contributed by atoms with E-state index in [0.717, 1.165) is 13.0 Å². The van der Waals surface area contributed by atoms with Crippen LogP contribution in [0.1, 0.15) is 6.42 Å². The summed E-state index contributed by atoms with van der Waals surface area (Å²) in [7, 11) is 0. The molecule has 0 radical (unpaired) electrons. The van der Waals surface area contributed by atoms with Crippen molar-refractivity contribution in [3.63, 3.8) is 0 Å². The maximum atomic E-state index is 5.48. The average Bonchev–Trinajstić information content (AvgIpc) is 2.32. The van der Waals surface area contributed by atoms with E-state index in [1.54, 1.807) is 0 Å². The summed E-state index contributed by atoms with van der Waals surface area (Å²) in [5.74, 6) is 0. The Morgan fingerprint density at radius 1 is 1.45 bits per heavy atom. The molecule has 2 nitrogen and oxygen atoms in total. The summed E-state index contributed by atoms with van der Waals surface area (Å²) in [6, 6.07) is 0. The lowest BCUT2D eigenvalue weighted by atomic mass is 10.3. The molecular formula is C6H9Cl3O2. The first-order valence-corrected chi connectivity index (χ1v) is 4.47. The molecular weight excluding hydrogens is 210 g/mol. The van der Waals surface area contributed by atoms with Gasteiger partial charge in [0.25, 0.3) is 0 Å². The molecule has 66 valence electrons. The minimum atomic E-state index is -1.30. The van der Waals surface area contributed by atoms with Gasteiger partial charge in [-0.15, -0.1) is 0 Å². The lowest BCUT2D eigenvalue weighted by Crippen LogP contribution is -2.20. The Labute approximate surface area is 80.7 Å². The molecule has 1 fully saturated rings. The van der Waals surface area contributed by atoms with Crippen molar-refractivity contribution in [2.24, 2.45) is 0 Å². The van der Waals surface area contributed by atoms with Gasteiger partial charge in [-0.05, 0) is 6.42 Å². The normalized spacial score (nSPS) is 25.9. The van der Waals surface area contributed by atoms with Crippen LogP contribution in [0.5, 0.6) is 0 Å². The molecule has 0 aromatic rings. The van der Waals surface area contributed by atoms with Crippen LogP contribution < -0.4 is 0 Å². The molecule has 11 heavy (non-hydrogen) atoms. The van der Waals surface area contributed by atoms with Gasteiger partial charge in [-0.25, -0.2) is 0 Å². The standard InChI is InChI=1S/C6H9Cl3O2/c7-6(8,9)4-11-5-1-2-10-3-5/h5H,1-4H2. The Morgan fingerprint density at radius 3 is 2.64 bits per heavy atom. The first-order valence-electron chi connectivity index (χ1n) is 3.34. The fourth-order valence-corrected chi connectivity index (χ4v) is 1.05. The van der Waals surface area contributed by atoms with E-state index in [9.17, 15) is 0 Å². The molecule has 1 atom stereocenters. The highest BCUT2D eigenvalue weighted by atomic mass is 35.6. The highest BCUT2D eigenvalue weighted by Gasteiger charge is 2.24. The second-order valence-electron chi connectivity index (χ2n) is 2.41. The second kappa shape index (κ2) is 4.15. The average molecular weight is 219 g/mol. The van der Waals surface area contributed by atoms with Gasteiger partial charge in [0.1, 0.15) is 0 Å². The van der Waals surface area contributed by atoms with Crippen molar-refractivity contribution in [3.05, 3.63) is 0 Å². The Bertz CT molecular complexity index is 117. The number of rotatable bonds is 2. The zero-order valence-electron chi connectivity index (χ0n) is 5.86. The predicted octanol–water partition coefficient (Wildman–Crippen LogP) is 2.16. The minimum absolute atomic E-state index is 0.102. The Hall–Kier alpha value is 0.790. The summed E-state index contributed by atoms with van der Waals surface area (Å²) in [5, 5.41) is 0. The number of halogens is 3. The topological polar surface area (TPSA) is 18.5 Å². The Morgan fingerprint density at radius 2 is 2.18 bits per heavy atom. The third-order valence-corrected chi connectivity index (χ3v) is 1.70. The minimum Gasteiger partial charge on any atom is -0.379 e. The molecule has 1 aliphatic heterocycles. The zero-order chi connectivity index (χ0) is 8.32. The number of alkyl halides is 3. The van der Waals surface area contributed by atoms with Crippen LogP contribution >= 0.6 is 34.8 Å². The van der Waals surface area contributed by atoms with Crippen molar-refractivity contribution in [1.29, 1.82) is 0 Å². The van der Waals surface area contributed by atoms with Gasteiger partial charge in [0.05, 0.1) is 19.3 Å². The van der Waals surface area contributed by atoms with Gasteiger partial charge >= 0.3 is 0 Å². The fourth-order valence-electron chi connectivity index (χ4n) is 0.857. The molecule has 0 aromatic carbocycles. The van der Waals surface area contributed by atoms with Crippen molar-refractivity contribution in [2.75, 3.05) is 19.8 Å². The van der Waals surface area contributed by atoms with Gasteiger partial charge in [-0.2, -0.15) is 0 Å². The van der Waals surface area contributed by atoms with Crippen LogP contribution in [0.4, 0.5) is 0 Å². The van der Waals surface area contributed by atoms with E-state index >= 15 is 0 Å². The molecule has 1 unspecified atom stereocenters. The van der Waals surface area contributed by atoms with Crippen LogP contribution in [-0.2, 0) is 9.47 Å². The molecule has 1 heterocycles. The summed E-state index contributed by atoms with van der Waals surface area (Å²) in [6.07, 6.45) is 0.992. The van der Waals surface area contributed by atoms with E-state index in [1.807, 2.05) is 0 Å². The predicted molar refractivity (Wildman–Crippen MR) is 45.5 cm³/mol. The molecule has 1 aliphatic rings. The Balaban J connectivity index is 2.11. The van der Waals surface area contributed by atoms with Crippen molar-refractivity contribution >= 4 is 34.8 Å². The lowest BCUT2D eigenvalue weighted by molar-refractivity contribution is 0.0458. The number of ether oxygens (including phenoxy) is 2. The monoisotopic (exact) mass is 218 g/mol. The summed E-state index contributed by atoms with van der Waals surface area (Å²) >= 11 is 16.4. The van der Waals surface area contributed by atoms with Gasteiger partial charge in [0, 0.05) is 6.61 Å². The molecule has 0 N–H and O–H groups in total. The zero-order valence-corrected chi connectivity index (χ0v) is 8.12. The van der Waals surface area contributed by atoms with Crippen molar-refractivity contribution in [2.45, 2.75) is 16.3 Å². The van der Waals surface area contributed by atoms with Crippen LogP contribution in [-0.4, -0.2) is 29.7 Å². The van der Waals surface area contributed by atoms with E-state index in [1.165, 1.54) is 0 Å². The number of hydrogen-bond acceptors (Lipinski definition) is 2. The molecule has 0 spiro atoms. The molecule has 0 saturated carbocycles. The SMILES string of the molecule is ClC(Cl)(Cl)COC1CCOC1. The molecule has 0 amide bonds. The first-order chi connectivity index (χ1) is 5.08. The van der Waals surface area contributed by atoms with Gasteiger partial charge in [0.15, 0.2) is 0 Å². The maximum Gasteiger partial charge on any atom is 0.213 e. The van der Waals surface area contributed by atoms with E-state index in [0.29, 0.717) is 6.61 Å². The fraction of sp³-hybridized carbons (Fsp3) is 1.00. The van der Waals surface area contributed by atoms with E-state index in [2.05, 4.69) is 0 Å². The second-order valence-corrected chi connectivity index (χ2v) is 4.93. The van der Waals surface area contributed by atoms with E-state index in [-0.39, 0.29) is 12.7 Å². The molecule has 0 aliphatic carbocycles. The van der Waals surface area contributed by atoms with Crippen LogP contribution in [0.25, 0.3) is 0 Å². The van der Waals surface area contributed by atoms with Gasteiger partial charge in [-0.1, -0.05) is 34.8 Å². The van der Waals surface area contributed by atoms with Gasteiger partial charge < -0.3 is 9.47 Å². The summed E-state index contributed by atoms with van der Waals surface area (Å²) < 4.78 is 9.01. The first kappa shape index (κ1) is 9.87. The third-order valence-electron chi connectivity index (χ3n) is 1.37. The van der Waals surface area contributed by atoms with Crippen LogP contribution in [0.15, 0.2) is 0 Å². The van der Waals surface area contributed by atoms with Crippen LogP contribution in [0.3, 0.4) is 0 Å². The molecule has 0 aromatic heterocycles. The smallest absolute Gasteiger partial charge is 0.213 e. The largest absolute Gasteiger partial charge is 0.379 e. The molecule has 5 heteroatoms. The number of hydrogen-bond donors (Lipinski definition) is 0. The third kappa shape index (κ3) is 4.38. The van der Waals surface area contributed by atoms with E-state index < -0.39 is 3.79 Å². The molecule has 1 saturated heterocycles. The highest BCUT2D eigenvalue weighted by molar-refractivity contribution is 6.67. The van der Waals surface area contributed by atoms with Crippen molar-refractivity contribution in [1.82, 2.24) is 0 Å². The Kier molecular flexibility index (Phi) is 3.72. The van der Waals surface area contributed by atoms with Crippen molar-refractivity contribution < 1.29 is 9.47 Å². The summed E-state index contributed by atoms with van der Waals surface area (Å²) in [6.45, 7) is 1.48. The maximum absolute atomic E-state index is 5.48.